The van der Waals surface area contributed by atoms with E-state index in [0.717, 1.165) is 12.8 Å². The molecule has 2 aromatic rings. The summed E-state index contributed by atoms with van der Waals surface area (Å²) in [6.45, 7) is 2.65. The Morgan fingerprint density at radius 1 is 1.42 bits per heavy atom. The molecule has 1 heterocycles. The maximum atomic E-state index is 13.3. The van der Waals surface area contributed by atoms with E-state index in [1.807, 2.05) is 6.92 Å². The summed E-state index contributed by atoms with van der Waals surface area (Å²) in [5, 5.41) is 3.89. The van der Waals surface area contributed by atoms with Gasteiger partial charge in [0.05, 0.1) is 0 Å². The summed E-state index contributed by atoms with van der Waals surface area (Å²) in [6, 6.07) is 4.51. The van der Waals surface area contributed by atoms with E-state index in [0.29, 0.717) is 28.3 Å². The Hall–Kier alpha value is -1.27. The van der Waals surface area contributed by atoms with E-state index in [-0.39, 0.29) is 11.7 Å². The average Bonchev–Trinajstić information content (AvgIpc) is 2.84. The monoisotopic (exact) mass is 327 g/mol. The smallest absolute Gasteiger partial charge is 0.229 e. The predicted molar refractivity (Wildman–Crippen MR) is 74.1 cm³/mol. The molecule has 1 atom stereocenters. The second-order valence-corrected chi connectivity index (χ2v) is 5.36. The van der Waals surface area contributed by atoms with Crippen molar-refractivity contribution in [2.24, 2.45) is 5.73 Å². The van der Waals surface area contributed by atoms with Gasteiger partial charge in [0.15, 0.2) is 0 Å². The first kappa shape index (κ1) is 14.1. The summed E-state index contributed by atoms with van der Waals surface area (Å²) < 4.78 is 19.2. The first-order valence-electron chi connectivity index (χ1n) is 6.10. The molecule has 102 valence electrons. The number of hydrogen-bond acceptors (Lipinski definition) is 4. The number of benzene rings is 1. The van der Waals surface area contributed by atoms with Crippen LogP contribution in [-0.2, 0) is 0 Å². The molecule has 0 radical (unpaired) electrons. The molecule has 0 fully saturated rings. The van der Waals surface area contributed by atoms with E-state index in [2.05, 4.69) is 26.1 Å². The molecule has 1 aromatic heterocycles. The maximum Gasteiger partial charge on any atom is 0.229 e. The Balaban J connectivity index is 2.20. The van der Waals surface area contributed by atoms with Crippen LogP contribution in [0.3, 0.4) is 0 Å². The molecule has 1 aromatic carbocycles. The van der Waals surface area contributed by atoms with Crippen LogP contribution in [0.4, 0.5) is 4.39 Å². The molecule has 0 saturated heterocycles. The fourth-order valence-corrected chi connectivity index (χ4v) is 2.25. The summed E-state index contributed by atoms with van der Waals surface area (Å²) in [5.41, 5.74) is 6.06. The summed E-state index contributed by atoms with van der Waals surface area (Å²) in [4.78, 5) is 4.31. The minimum absolute atomic E-state index is 0.154. The van der Waals surface area contributed by atoms with E-state index in [1.54, 1.807) is 6.07 Å². The molecule has 0 spiro atoms. The molecule has 0 aliphatic rings. The van der Waals surface area contributed by atoms with Crippen LogP contribution in [0.1, 0.15) is 31.6 Å². The lowest BCUT2D eigenvalue weighted by Crippen LogP contribution is -2.02. The molecule has 19 heavy (non-hydrogen) atoms. The van der Waals surface area contributed by atoms with Crippen molar-refractivity contribution in [1.29, 1.82) is 0 Å². The van der Waals surface area contributed by atoms with Gasteiger partial charge in [-0.3, -0.25) is 0 Å². The zero-order valence-electron chi connectivity index (χ0n) is 10.6. The van der Waals surface area contributed by atoms with Crippen molar-refractivity contribution in [2.45, 2.75) is 25.7 Å². The van der Waals surface area contributed by atoms with Crippen molar-refractivity contribution < 1.29 is 8.91 Å². The molecule has 4 nitrogen and oxygen atoms in total. The fourth-order valence-electron chi connectivity index (χ4n) is 1.78. The number of hydrogen-bond donors (Lipinski definition) is 1. The lowest BCUT2D eigenvalue weighted by molar-refractivity contribution is 0.352. The van der Waals surface area contributed by atoms with Crippen molar-refractivity contribution in [3.05, 3.63) is 34.4 Å². The summed E-state index contributed by atoms with van der Waals surface area (Å²) in [6.07, 6.45) is 1.80. The first-order chi connectivity index (χ1) is 9.10. The number of nitrogens with two attached hydrogens (primary N) is 1. The largest absolute Gasteiger partial charge is 0.339 e. The van der Waals surface area contributed by atoms with Gasteiger partial charge in [0.1, 0.15) is 5.82 Å². The zero-order valence-corrected chi connectivity index (χ0v) is 12.2. The van der Waals surface area contributed by atoms with Gasteiger partial charge in [-0.15, -0.1) is 0 Å². The molecule has 0 bridgehead atoms. The predicted octanol–water partition coefficient (Wildman–Crippen LogP) is 3.48. The quantitative estimate of drug-likeness (QED) is 0.913. The molecule has 0 aliphatic heterocycles. The van der Waals surface area contributed by atoms with Crippen LogP contribution in [0.2, 0.25) is 0 Å². The van der Waals surface area contributed by atoms with Crippen LogP contribution >= 0.6 is 15.9 Å². The highest BCUT2D eigenvalue weighted by Crippen LogP contribution is 2.25. The number of aromatic nitrogens is 2. The van der Waals surface area contributed by atoms with Gasteiger partial charge in [0.2, 0.25) is 11.7 Å². The van der Waals surface area contributed by atoms with Crippen LogP contribution in [0.25, 0.3) is 11.4 Å². The highest BCUT2D eigenvalue weighted by atomic mass is 79.9. The normalized spacial score (nSPS) is 12.6. The van der Waals surface area contributed by atoms with Gasteiger partial charge in [-0.1, -0.05) is 28.0 Å². The van der Waals surface area contributed by atoms with Gasteiger partial charge in [-0.2, -0.15) is 4.98 Å². The standard InChI is InChI=1S/C13H15BrFN3O/c1-8(3-2-4-16)13-17-12(18-19-13)9-5-10(14)7-11(15)6-9/h5-8H,2-4,16H2,1H3. The second-order valence-electron chi connectivity index (χ2n) is 4.45. The van der Waals surface area contributed by atoms with Crippen molar-refractivity contribution in [3.63, 3.8) is 0 Å². The van der Waals surface area contributed by atoms with Gasteiger partial charge in [0.25, 0.3) is 0 Å². The van der Waals surface area contributed by atoms with Crippen LogP contribution in [0.5, 0.6) is 0 Å². The van der Waals surface area contributed by atoms with Gasteiger partial charge >= 0.3 is 0 Å². The Morgan fingerprint density at radius 2 is 2.21 bits per heavy atom. The van der Waals surface area contributed by atoms with E-state index in [4.69, 9.17) is 10.3 Å². The molecule has 1 unspecified atom stereocenters. The first-order valence-corrected chi connectivity index (χ1v) is 6.89. The summed E-state index contributed by atoms with van der Waals surface area (Å²) in [7, 11) is 0. The molecule has 6 heteroatoms. The number of halogens is 2. The van der Waals surface area contributed by atoms with Crippen LogP contribution in [0.15, 0.2) is 27.2 Å². The Kier molecular flexibility index (Phi) is 4.66. The van der Waals surface area contributed by atoms with Gasteiger partial charge in [0, 0.05) is 16.0 Å². The van der Waals surface area contributed by atoms with Gasteiger partial charge in [-0.05, 0) is 37.6 Å². The lowest BCUT2D eigenvalue weighted by atomic mass is 10.1. The lowest BCUT2D eigenvalue weighted by Gasteiger charge is -2.03. The third kappa shape index (κ3) is 3.61. The Labute approximate surface area is 119 Å². The number of nitrogens with zero attached hydrogens (tertiary/aromatic N) is 2. The van der Waals surface area contributed by atoms with E-state index >= 15 is 0 Å². The summed E-state index contributed by atoms with van der Waals surface area (Å²) >= 11 is 3.24. The van der Waals surface area contributed by atoms with Gasteiger partial charge in [-0.25, -0.2) is 4.39 Å². The molecule has 0 aliphatic carbocycles. The molecule has 2 N–H and O–H groups in total. The topological polar surface area (TPSA) is 64.9 Å². The van der Waals surface area contributed by atoms with E-state index < -0.39 is 0 Å². The molecule has 0 saturated carbocycles. The SMILES string of the molecule is CC(CCCN)c1nc(-c2cc(F)cc(Br)c2)no1. The molecular formula is C13H15BrFN3O. The molecule has 0 amide bonds. The van der Waals surface area contributed by atoms with E-state index in [9.17, 15) is 4.39 Å². The Morgan fingerprint density at radius 3 is 2.89 bits per heavy atom. The minimum Gasteiger partial charge on any atom is -0.339 e. The van der Waals surface area contributed by atoms with Gasteiger partial charge < -0.3 is 10.3 Å². The maximum absolute atomic E-state index is 13.3. The molecule has 2 rings (SSSR count). The highest BCUT2D eigenvalue weighted by molar-refractivity contribution is 9.10. The van der Waals surface area contributed by atoms with Crippen LogP contribution in [0, 0.1) is 5.82 Å². The third-order valence-electron chi connectivity index (χ3n) is 2.83. The molecular weight excluding hydrogens is 313 g/mol. The number of rotatable bonds is 5. The van der Waals surface area contributed by atoms with Crippen molar-refractivity contribution in [2.75, 3.05) is 6.54 Å². The van der Waals surface area contributed by atoms with Crippen molar-refractivity contribution in [3.8, 4) is 11.4 Å². The zero-order chi connectivity index (χ0) is 13.8. The fraction of sp³-hybridized carbons (Fsp3) is 0.385. The highest BCUT2D eigenvalue weighted by Gasteiger charge is 2.15. The second kappa shape index (κ2) is 6.25. The van der Waals surface area contributed by atoms with Crippen molar-refractivity contribution in [1.82, 2.24) is 10.1 Å². The van der Waals surface area contributed by atoms with Crippen LogP contribution in [-0.4, -0.2) is 16.7 Å². The van der Waals surface area contributed by atoms with Crippen molar-refractivity contribution >= 4 is 15.9 Å². The third-order valence-corrected chi connectivity index (χ3v) is 3.28. The summed E-state index contributed by atoms with van der Waals surface area (Å²) in [5.74, 6) is 0.771. The average molecular weight is 328 g/mol. The van der Waals surface area contributed by atoms with Crippen LogP contribution < -0.4 is 5.73 Å². The Bertz CT molecular complexity index is 538. The van der Waals surface area contributed by atoms with E-state index in [1.165, 1.54) is 12.1 Å². The minimum atomic E-state index is -0.341.